The molecule has 0 spiro atoms. The molecule has 0 rings (SSSR count). The fourth-order valence-corrected chi connectivity index (χ4v) is 1.43. The fraction of sp³-hybridized carbons (Fsp3) is 0.545. The highest BCUT2D eigenvalue weighted by atomic mass is 16.5. The van der Waals surface area contributed by atoms with Gasteiger partial charge in [0.25, 0.3) is 0 Å². The number of nitrogens with zero attached hydrogens (tertiary/aromatic N) is 1. The molecule has 0 aliphatic carbocycles. The average molecular weight is 209 g/mol. The highest BCUT2D eigenvalue weighted by molar-refractivity contribution is 5.90. The fourth-order valence-electron chi connectivity index (χ4n) is 1.43. The lowest BCUT2D eigenvalue weighted by atomic mass is 9.87. The van der Waals surface area contributed by atoms with Crippen molar-refractivity contribution < 1.29 is 14.3 Å². The maximum Gasteiger partial charge on any atom is 0.393 e. The first kappa shape index (κ1) is 13.4. The van der Waals surface area contributed by atoms with Crippen molar-refractivity contribution in [2.24, 2.45) is 0 Å². The van der Waals surface area contributed by atoms with Crippen LogP contribution in [0.2, 0.25) is 0 Å². The number of carbonyl (C=O) groups excluding carboxylic acids is 2. The van der Waals surface area contributed by atoms with Gasteiger partial charge in [0.05, 0.1) is 20.0 Å². The van der Waals surface area contributed by atoms with Crippen molar-refractivity contribution in [3.8, 4) is 0 Å². The van der Waals surface area contributed by atoms with Gasteiger partial charge in [0.1, 0.15) is 5.78 Å². The Morgan fingerprint density at radius 3 is 2.20 bits per heavy atom. The number of hydrogen-bond donors (Lipinski definition) is 0. The monoisotopic (exact) mass is 209 g/mol. The van der Waals surface area contributed by atoms with Gasteiger partial charge in [-0.25, -0.2) is 11.4 Å². The van der Waals surface area contributed by atoms with Crippen LogP contribution in [0.25, 0.3) is 4.85 Å². The minimum Gasteiger partial charge on any atom is -0.463 e. The molecule has 4 nitrogen and oxygen atoms in total. The molecule has 15 heavy (non-hydrogen) atoms. The van der Waals surface area contributed by atoms with E-state index in [4.69, 9.17) is 6.57 Å². The first-order chi connectivity index (χ1) is 6.88. The molecule has 0 aromatic carbocycles. The summed E-state index contributed by atoms with van der Waals surface area (Å²) in [6.45, 7) is 13.8. The quantitative estimate of drug-likeness (QED) is 0.394. The molecule has 0 radical (unpaired) electrons. The molecule has 0 bridgehead atoms. The molecule has 82 valence electrons. The Bertz CT molecular complexity index is 309. The molecule has 0 N–H and O–H groups in total. The van der Waals surface area contributed by atoms with E-state index in [2.05, 4.69) is 16.2 Å². The third-order valence-corrected chi connectivity index (χ3v) is 1.91. The van der Waals surface area contributed by atoms with E-state index in [1.807, 2.05) is 0 Å². The summed E-state index contributed by atoms with van der Waals surface area (Å²) in [5, 5.41) is 0. The normalized spacial score (nSPS) is 13.5. The third kappa shape index (κ3) is 3.55. The Kier molecular flexibility index (Phi) is 4.72. The minimum atomic E-state index is -1.42. The second kappa shape index (κ2) is 5.30. The molecule has 0 saturated heterocycles. The maximum atomic E-state index is 11.5. The Morgan fingerprint density at radius 1 is 1.40 bits per heavy atom. The van der Waals surface area contributed by atoms with Gasteiger partial charge in [-0.2, -0.15) is 0 Å². The van der Waals surface area contributed by atoms with Crippen LogP contribution in [0, 0.1) is 6.57 Å². The predicted octanol–water partition coefficient (Wildman–Crippen LogP) is 1.76. The Balaban J connectivity index is 5.11. The summed E-state index contributed by atoms with van der Waals surface area (Å²) >= 11 is 0. The van der Waals surface area contributed by atoms with Crippen LogP contribution in [0.4, 0.5) is 0 Å². The standard InChI is InChI=1S/C11H15NO3/c1-8(2)6-11(12-4,7-9(3)13)10(14)15-5/h1,6-7H2,2-3,5H3/t11-/m1/s1. The maximum absolute atomic E-state index is 11.5. The van der Waals surface area contributed by atoms with Gasteiger partial charge in [0, 0.05) is 0 Å². The van der Waals surface area contributed by atoms with Gasteiger partial charge >= 0.3 is 11.5 Å². The topological polar surface area (TPSA) is 47.7 Å². The van der Waals surface area contributed by atoms with Crippen LogP contribution in [0.3, 0.4) is 0 Å². The first-order valence-electron chi connectivity index (χ1n) is 4.49. The summed E-state index contributed by atoms with van der Waals surface area (Å²) in [6, 6.07) is 0. The highest BCUT2D eigenvalue weighted by Gasteiger charge is 2.47. The van der Waals surface area contributed by atoms with Crippen molar-refractivity contribution in [2.45, 2.75) is 32.2 Å². The molecule has 1 atom stereocenters. The predicted molar refractivity (Wildman–Crippen MR) is 56.1 cm³/mol. The largest absolute Gasteiger partial charge is 0.463 e. The summed E-state index contributed by atoms with van der Waals surface area (Å²) in [5.41, 5.74) is -0.746. The van der Waals surface area contributed by atoms with E-state index in [0.717, 1.165) is 0 Å². The summed E-state index contributed by atoms with van der Waals surface area (Å²) in [7, 11) is 1.21. The van der Waals surface area contributed by atoms with Gasteiger partial charge in [-0.05, 0) is 13.8 Å². The number of esters is 1. The zero-order chi connectivity index (χ0) is 12.1. The summed E-state index contributed by atoms with van der Waals surface area (Å²) in [6.07, 6.45) is 0.0266. The first-order valence-corrected chi connectivity index (χ1v) is 4.49. The molecule has 0 fully saturated rings. The van der Waals surface area contributed by atoms with Gasteiger partial charge in [-0.1, -0.05) is 12.2 Å². The smallest absolute Gasteiger partial charge is 0.393 e. The number of methoxy groups -OCH3 is 1. The van der Waals surface area contributed by atoms with Crippen molar-refractivity contribution in [1.29, 1.82) is 0 Å². The lowest BCUT2D eigenvalue weighted by Crippen LogP contribution is -2.38. The molecule has 0 amide bonds. The third-order valence-electron chi connectivity index (χ3n) is 1.91. The number of carbonyl (C=O) groups is 2. The molecular weight excluding hydrogens is 194 g/mol. The lowest BCUT2D eigenvalue weighted by molar-refractivity contribution is -0.146. The van der Waals surface area contributed by atoms with Crippen LogP contribution in [-0.4, -0.2) is 24.4 Å². The van der Waals surface area contributed by atoms with E-state index in [1.54, 1.807) is 6.92 Å². The second-order valence-electron chi connectivity index (χ2n) is 3.65. The Labute approximate surface area is 89.7 Å². The van der Waals surface area contributed by atoms with Crippen LogP contribution < -0.4 is 0 Å². The lowest BCUT2D eigenvalue weighted by Gasteiger charge is -2.17. The molecule has 0 saturated carbocycles. The zero-order valence-electron chi connectivity index (χ0n) is 9.29. The Hall–Kier alpha value is -1.63. The van der Waals surface area contributed by atoms with Crippen LogP contribution in [0.15, 0.2) is 12.2 Å². The minimum absolute atomic E-state index is 0.129. The number of ether oxygens (including phenoxy) is 1. The molecule has 0 unspecified atom stereocenters. The van der Waals surface area contributed by atoms with Gasteiger partial charge < -0.3 is 4.74 Å². The molecule has 0 aliphatic rings. The van der Waals surface area contributed by atoms with Gasteiger partial charge in [0.15, 0.2) is 0 Å². The van der Waals surface area contributed by atoms with E-state index < -0.39 is 11.5 Å². The molecule has 0 aliphatic heterocycles. The van der Waals surface area contributed by atoms with Crippen molar-refractivity contribution in [3.63, 3.8) is 0 Å². The van der Waals surface area contributed by atoms with Gasteiger partial charge in [0.2, 0.25) is 0 Å². The highest BCUT2D eigenvalue weighted by Crippen LogP contribution is 2.26. The van der Waals surface area contributed by atoms with Crippen molar-refractivity contribution in [3.05, 3.63) is 23.6 Å². The molecule has 0 aromatic rings. The van der Waals surface area contributed by atoms with Crippen LogP contribution in [-0.2, 0) is 14.3 Å². The van der Waals surface area contributed by atoms with E-state index >= 15 is 0 Å². The Morgan fingerprint density at radius 2 is 1.93 bits per heavy atom. The number of Topliss-reactive ketones (excluding diaryl/α,β-unsaturated/α-hetero) is 1. The zero-order valence-corrected chi connectivity index (χ0v) is 9.29. The number of hydrogen-bond acceptors (Lipinski definition) is 3. The summed E-state index contributed by atoms with van der Waals surface area (Å²) < 4.78 is 4.56. The SMILES string of the molecule is [C-]#[N+][C@](CC(=C)C)(CC(C)=O)C(=O)OC. The van der Waals surface area contributed by atoms with E-state index in [9.17, 15) is 9.59 Å². The number of rotatable bonds is 5. The van der Waals surface area contributed by atoms with E-state index in [0.29, 0.717) is 5.57 Å². The van der Waals surface area contributed by atoms with Gasteiger partial charge in [-0.15, -0.1) is 0 Å². The molecule has 0 aromatic heterocycles. The van der Waals surface area contributed by atoms with Gasteiger partial charge in [-0.3, -0.25) is 9.64 Å². The van der Waals surface area contributed by atoms with E-state index in [-0.39, 0.29) is 18.6 Å². The second-order valence-corrected chi connectivity index (χ2v) is 3.65. The summed E-state index contributed by atoms with van der Waals surface area (Å²) in [5.74, 6) is -0.881. The van der Waals surface area contributed by atoms with Crippen LogP contribution in [0.5, 0.6) is 0 Å². The van der Waals surface area contributed by atoms with Crippen molar-refractivity contribution in [1.82, 2.24) is 0 Å². The molecule has 4 heteroatoms. The van der Waals surface area contributed by atoms with Crippen LogP contribution in [0.1, 0.15) is 26.7 Å². The molecular formula is C11H15NO3. The molecule has 0 heterocycles. The summed E-state index contributed by atoms with van der Waals surface area (Å²) in [4.78, 5) is 25.8. The van der Waals surface area contributed by atoms with E-state index in [1.165, 1.54) is 14.0 Å². The van der Waals surface area contributed by atoms with Crippen molar-refractivity contribution in [2.75, 3.05) is 7.11 Å². The number of ketones is 1. The van der Waals surface area contributed by atoms with Crippen LogP contribution >= 0.6 is 0 Å². The average Bonchev–Trinajstić information content (AvgIpc) is 2.13. The van der Waals surface area contributed by atoms with Crippen molar-refractivity contribution >= 4 is 11.8 Å².